The molecule has 104 valence electrons. The van der Waals surface area contributed by atoms with Crippen LogP contribution in [0.2, 0.25) is 0 Å². The van der Waals surface area contributed by atoms with Crippen molar-refractivity contribution in [3.8, 4) is 0 Å². The third-order valence-electron chi connectivity index (χ3n) is 2.50. The first kappa shape index (κ1) is 15.2. The van der Waals surface area contributed by atoms with E-state index in [1.54, 1.807) is 0 Å². The highest BCUT2D eigenvalue weighted by atomic mass is 16.6. The van der Waals surface area contributed by atoms with E-state index < -0.39 is 11.7 Å². The molecule has 0 spiro atoms. The van der Waals surface area contributed by atoms with Gasteiger partial charge in [-0.15, -0.1) is 0 Å². The molecular weight excluding hydrogens is 242 g/mol. The number of rotatable bonds is 4. The van der Waals surface area contributed by atoms with Gasteiger partial charge < -0.3 is 9.53 Å². The Hall–Kier alpha value is -1.84. The van der Waals surface area contributed by atoms with E-state index in [-0.39, 0.29) is 12.5 Å². The molecule has 0 aromatic heterocycles. The predicted octanol–water partition coefficient (Wildman–Crippen LogP) is 3.41. The topological polar surface area (TPSA) is 46.6 Å². The Bertz CT molecular complexity index is 423. The Morgan fingerprint density at radius 2 is 1.89 bits per heavy atom. The number of anilines is 1. The average molecular weight is 263 g/mol. The van der Waals surface area contributed by atoms with Crippen LogP contribution in [0.1, 0.15) is 34.1 Å². The summed E-state index contributed by atoms with van der Waals surface area (Å²) in [5.74, 6) is 0. The van der Waals surface area contributed by atoms with Crippen LogP contribution in [0.15, 0.2) is 30.3 Å². The molecule has 0 heterocycles. The van der Waals surface area contributed by atoms with Gasteiger partial charge in [-0.3, -0.25) is 4.90 Å². The normalized spacial score (nSPS) is 12.6. The van der Waals surface area contributed by atoms with Crippen molar-refractivity contribution < 1.29 is 14.3 Å². The second-order valence-corrected chi connectivity index (χ2v) is 5.44. The third-order valence-corrected chi connectivity index (χ3v) is 2.50. The molecule has 1 unspecified atom stereocenters. The molecule has 1 atom stereocenters. The Morgan fingerprint density at radius 3 is 2.37 bits per heavy atom. The Morgan fingerprint density at radius 1 is 1.32 bits per heavy atom. The van der Waals surface area contributed by atoms with Crippen molar-refractivity contribution in [1.82, 2.24) is 0 Å². The zero-order valence-corrected chi connectivity index (χ0v) is 11.9. The summed E-state index contributed by atoms with van der Waals surface area (Å²) in [4.78, 5) is 24.5. The number of carbonyl (C=O) groups is 2. The van der Waals surface area contributed by atoms with E-state index in [0.29, 0.717) is 0 Å². The van der Waals surface area contributed by atoms with E-state index in [0.717, 1.165) is 12.0 Å². The van der Waals surface area contributed by atoms with Crippen LogP contribution in [0, 0.1) is 0 Å². The van der Waals surface area contributed by atoms with Crippen LogP contribution < -0.4 is 4.90 Å². The summed E-state index contributed by atoms with van der Waals surface area (Å²) < 4.78 is 5.39. The molecule has 1 aromatic rings. The van der Waals surface area contributed by atoms with Gasteiger partial charge in [0.2, 0.25) is 0 Å². The van der Waals surface area contributed by atoms with Gasteiger partial charge >= 0.3 is 6.09 Å². The highest BCUT2D eigenvalue weighted by Crippen LogP contribution is 2.21. The number of ether oxygens (including phenoxy) is 1. The van der Waals surface area contributed by atoms with Crippen molar-refractivity contribution in [2.75, 3.05) is 4.90 Å². The van der Waals surface area contributed by atoms with Crippen LogP contribution in [0.25, 0.3) is 0 Å². The molecule has 0 saturated heterocycles. The Kier molecular flexibility index (Phi) is 5.10. The van der Waals surface area contributed by atoms with Crippen molar-refractivity contribution in [2.24, 2.45) is 0 Å². The van der Waals surface area contributed by atoms with Gasteiger partial charge in [-0.2, -0.15) is 0 Å². The lowest BCUT2D eigenvalue weighted by Crippen LogP contribution is -2.42. The molecule has 4 heteroatoms. The first-order valence-corrected chi connectivity index (χ1v) is 6.36. The zero-order chi connectivity index (χ0) is 14.5. The lowest BCUT2D eigenvalue weighted by Gasteiger charge is -2.31. The van der Waals surface area contributed by atoms with Gasteiger partial charge in [0.05, 0.1) is 0 Å². The molecule has 0 saturated carbocycles. The van der Waals surface area contributed by atoms with Crippen molar-refractivity contribution in [3.05, 3.63) is 30.3 Å². The monoisotopic (exact) mass is 263 g/mol. The first-order valence-electron chi connectivity index (χ1n) is 6.36. The average Bonchev–Trinajstić information content (AvgIpc) is 2.28. The van der Waals surface area contributed by atoms with Crippen LogP contribution >= 0.6 is 0 Å². The number of benzene rings is 1. The van der Waals surface area contributed by atoms with E-state index in [1.807, 2.05) is 58.0 Å². The number of hydrogen-bond acceptors (Lipinski definition) is 3. The van der Waals surface area contributed by atoms with Crippen LogP contribution in [-0.4, -0.2) is 24.0 Å². The molecule has 0 N–H and O–H groups in total. The summed E-state index contributed by atoms with van der Waals surface area (Å²) in [6.07, 6.45) is 0.645. The molecular formula is C15H21NO3. The van der Waals surface area contributed by atoms with Gasteiger partial charge in [-0.25, -0.2) is 4.79 Å². The SMILES string of the molecule is CC(CC=O)N(C(=O)OC(C)(C)C)c1ccccc1. The fraction of sp³-hybridized carbons (Fsp3) is 0.467. The lowest BCUT2D eigenvalue weighted by molar-refractivity contribution is -0.108. The molecule has 0 fully saturated rings. The second kappa shape index (κ2) is 6.36. The minimum atomic E-state index is -0.564. The fourth-order valence-electron chi connectivity index (χ4n) is 1.68. The Labute approximate surface area is 114 Å². The minimum Gasteiger partial charge on any atom is -0.443 e. The van der Waals surface area contributed by atoms with Crippen LogP contribution in [0.5, 0.6) is 0 Å². The van der Waals surface area contributed by atoms with E-state index in [4.69, 9.17) is 4.74 Å². The highest BCUT2D eigenvalue weighted by molar-refractivity contribution is 5.88. The van der Waals surface area contributed by atoms with Gasteiger partial charge in [-0.05, 0) is 39.8 Å². The lowest BCUT2D eigenvalue weighted by atomic mass is 10.2. The summed E-state index contributed by atoms with van der Waals surface area (Å²) >= 11 is 0. The van der Waals surface area contributed by atoms with Gasteiger partial charge in [0.25, 0.3) is 0 Å². The molecule has 0 aliphatic carbocycles. The van der Waals surface area contributed by atoms with Crippen LogP contribution in [0.3, 0.4) is 0 Å². The molecule has 0 aliphatic rings. The quantitative estimate of drug-likeness (QED) is 0.782. The molecule has 1 aromatic carbocycles. The molecule has 1 rings (SSSR count). The second-order valence-electron chi connectivity index (χ2n) is 5.44. The minimum absolute atomic E-state index is 0.241. The summed E-state index contributed by atoms with van der Waals surface area (Å²) in [7, 11) is 0. The number of aldehydes is 1. The summed E-state index contributed by atoms with van der Waals surface area (Å²) in [5, 5.41) is 0. The van der Waals surface area contributed by atoms with Crippen molar-refractivity contribution in [3.63, 3.8) is 0 Å². The molecule has 0 bridgehead atoms. The highest BCUT2D eigenvalue weighted by Gasteiger charge is 2.27. The maximum Gasteiger partial charge on any atom is 0.415 e. The maximum atomic E-state index is 12.3. The van der Waals surface area contributed by atoms with Crippen molar-refractivity contribution in [2.45, 2.75) is 45.8 Å². The third kappa shape index (κ3) is 4.73. The van der Waals surface area contributed by atoms with Gasteiger partial charge in [0.1, 0.15) is 11.9 Å². The first-order chi connectivity index (χ1) is 8.85. The van der Waals surface area contributed by atoms with Crippen molar-refractivity contribution in [1.29, 1.82) is 0 Å². The number of hydrogen-bond donors (Lipinski definition) is 0. The molecule has 4 nitrogen and oxygen atoms in total. The molecule has 0 aliphatic heterocycles. The van der Waals surface area contributed by atoms with Gasteiger partial charge in [0, 0.05) is 18.2 Å². The zero-order valence-electron chi connectivity index (χ0n) is 11.9. The van der Waals surface area contributed by atoms with Gasteiger partial charge in [0.15, 0.2) is 0 Å². The van der Waals surface area contributed by atoms with E-state index in [1.165, 1.54) is 4.90 Å². The van der Waals surface area contributed by atoms with Gasteiger partial charge in [-0.1, -0.05) is 18.2 Å². The number of nitrogens with zero attached hydrogens (tertiary/aromatic N) is 1. The molecule has 19 heavy (non-hydrogen) atoms. The fourth-order valence-corrected chi connectivity index (χ4v) is 1.68. The number of amides is 1. The summed E-state index contributed by atoms with van der Waals surface area (Å²) in [6.45, 7) is 7.28. The maximum absolute atomic E-state index is 12.3. The smallest absolute Gasteiger partial charge is 0.415 e. The van der Waals surface area contributed by atoms with E-state index in [9.17, 15) is 9.59 Å². The predicted molar refractivity (Wildman–Crippen MR) is 75.3 cm³/mol. The van der Waals surface area contributed by atoms with Crippen LogP contribution in [-0.2, 0) is 9.53 Å². The van der Waals surface area contributed by atoms with E-state index in [2.05, 4.69) is 0 Å². The number of para-hydroxylation sites is 1. The Balaban J connectivity index is 2.99. The molecule has 0 radical (unpaired) electrons. The van der Waals surface area contributed by atoms with Crippen molar-refractivity contribution >= 4 is 18.1 Å². The molecule has 1 amide bonds. The summed E-state index contributed by atoms with van der Waals surface area (Å²) in [5.41, 5.74) is 0.163. The van der Waals surface area contributed by atoms with Crippen LogP contribution in [0.4, 0.5) is 10.5 Å². The number of carbonyl (C=O) groups excluding carboxylic acids is 2. The standard InChI is InChI=1S/C15H21NO3/c1-12(10-11-17)16(13-8-6-5-7-9-13)14(18)19-15(2,3)4/h5-9,11-12H,10H2,1-4H3. The largest absolute Gasteiger partial charge is 0.443 e. The summed E-state index contributed by atoms with van der Waals surface area (Å²) in [6, 6.07) is 8.98. The van der Waals surface area contributed by atoms with E-state index >= 15 is 0 Å².